The Hall–Kier alpha value is -3.32. The minimum Gasteiger partial charge on any atom is -0.481 e. The second kappa shape index (κ2) is 8.14. The summed E-state index contributed by atoms with van der Waals surface area (Å²) in [4.78, 5) is 15.0. The van der Waals surface area contributed by atoms with Crippen LogP contribution in [0.3, 0.4) is 0 Å². The molecule has 0 atom stereocenters. The molecule has 7 heteroatoms. The molecule has 4 aromatic rings. The van der Waals surface area contributed by atoms with Gasteiger partial charge in [0.1, 0.15) is 5.76 Å². The number of nitrogens with one attached hydrogen (secondary N) is 1. The molecule has 0 bridgehead atoms. The number of thioether (sulfide) groups is 1. The van der Waals surface area contributed by atoms with E-state index in [1.807, 2.05) is 48.5 Å². The van der Waals surface area contributed by atoms with Crippen LogP contribution < -0.4 is 0 Å². The SMILES string of the molecule is O=C(O)CSc1n[nH]c(-c2ccc(C(c3ccccc3)c3ccccc3)o2)n1. The summed E-state index contributed by atoms with van der Waals surface area (Å²) in [6.07, 6.45) is 0. The van der Waals surface area contributed by atoms with Gasteiger partial charge in [-0.05, 0) is 23.3 Å². The van der Waals surface area contributed by atoms with Crippen LogP contribution in [0.25, 0.3) is 11.6 Å². The number of H-pyrrole nitrogens is 1. The molecular formula is C21H17N3O3S. The van der Waals surface area contributed by atoms with E-state index in [4.69, 9.17) is 9.52 Å². The topological polar surface area (TPSA) is 92.0 Å². The molecule has 0 fully saturated rings. The molecule has 0 saturated carbocycles. The average molecular weight is 391 g/mol. The summed E-state index contributed by atoms with van der Waals surface area (Å²) in [5, 5.41) is 16.0. The van der Waals surface area contributed by atoms with Crippen LogP contribution in [0.1, 0.15) is 22.8 Å². The summed E-state index contributed by atoms with van der Waals surface area (Å²) in [6.45, 7) is 0. The molecule has 2 aromatic carbocycles. The number of hydrogen-bond donors (Lipinski definition) is 2. The number of hydrogen-bond acceptors (Lipinski definition) is 5. The van der Waals surface area contributed by atoms with Crippen LogP contribution in [0.15, 0.2) is 82.4 Å². The minimum absolute atomic E-state index is 0.0417. The fourth-order valence-electron chi connectivity index (χ4n) is 2.99. The van der Waals surface area contributed by atoms with E-state index in [0.29, 0.717) is 16.7 Å². The van der Waals surface area contributed by atoms with Crippen molar-refractivity contribution < 1.29 is 14.3 Å². The Balaban J connectivity index is 1.65. The van der Waals surface area contributed by atoms with Crippen molar-refractivity contribution >= 4 is 17.7 Å². The summed E-state index contributed by atoms with van der Waals surface area (Å²) in [5.41, 5.74) is 2.26. The van der Waals surface area contributed by atoms with E-state index in [1.165, 1.54) is 0 Å². The molecule has 0 aliphatic heterocycles. The molecule has 0 amide bonds. The highest BCUT2D eigenvalue weighted by Crippen LogP contribution is 2.34. The predicted octanol–water partition coefficient (Wildman–Crippen LogP) is 4.42. The van der Waals surface area contributed by atoms with Gasteiger partial charge < -0.3 is 9.52 Å². The Morgan fingerprint density at radius 2 is 1.64 bits per heavy atom. The number of carboxylic acid groups (broad SMARTS) is 1. The van der Waals surface area contributed by atoms with Crippen LogP contribution in [-0.4, -0.2) is 32.0 Å². The van der Waals surface area contributed by atoms with Gasteiger partial charge in [-0.1, -0.05) is 72.4 Å². The normalized spacial score (nSPS) is 11.0. The molecule has 140 valence electrons. The lowest BCUT2D eigenvalue weighted by Gasteiger charge is -2.15. The molecule has 2 N–H and O–H groups in total. The maximum atomic E-state index is 10.7. The third-order valence-electron chi connectivity index (χ3n) is 4.20. The van der Waals surface area contributed by atoms with Crippen LogP contribution >= 0.6 is 11.8 Å². The van der Waals surface area contributed by atoms with Crippen molar-refractivity contribution in [3.63, 3.8) is 0 Å². The van der Waals surface area contributed by atoms with Crippen molar-refractivity contribution in [3.8, 4) is 11.6 Å². The highest BCUT2D eigenvalue weighted by atomic mass is 32.2. The Morgan fingerprint density at radius 1 is 1.00 bits per heavy atom. The van der Waals surface area contributed by atoms with E-state index in [9.17, 15) is 4.79 Å². The van der Waals surface area contributed by atoms with E-state index >= 15 is 0 Å². The van der Waals surface area contributed by atoms with Crippen molar-refractivity contribution in [2.45, 2.75) is 11.1 Å². The van der Waals surface area contributed by atoms with Crippen LogP contribution in [0.2, 0.25) is 0 Å². The lowest BCUT2D eigenvalue weighted by molar-refractivity contribution is -0.133. The van der Waals surface area contributed by atoms with Gasteiger partial charge in [-0.3, -0.25) is 9.89 Å². The highest BCUT2D eigenvalue weighted by Gasteiger charge is 2.21. The van der Waals surface area contributed by atoms with Crippen molar-refractivity contribution in [3.05, 3.63) is 89.7 Å². The summed E-state index contributed by atoms with van der Waals surface area (Å²) >= 11 is 1.06. The summed E-state index contributed by atoms with van der Waals surface area (Å²) in [5.74, 6) is 0.777. The van der Waals surface area contributed by atoms with Gasteiger partial charge in [0.15, 0.2) is 11.6 Å². The summed E-state index contributed by atoms with van der Waals surface area (Å²) < 4.78 is 6.12. The molecule has 0 spiro atoms. The molecule has 0 unspecified atom stereocenters. The van der Waals surface area contributed by atoms with Gasteiger partial charge in [0.05, 0.1) is 11.7 Å². The van der Waals surface area contributed by atoms with E-state index in [1.54, 1.807) is 0 Å². The van der Waals surface area contributed by atoms with Crippen LogP contribution in [0.5, 0.6) is 0 Å². The number of carboxylic acids is 1. The number of aliphatic carboxylic acids is 1. The lowest BCUT2D eigenvalue weighted by atomic mass is 9.89. The first-order valence-electron chi connectivity index (χ1n) is 8.67. The van der Waals surface area contributed by atoms with E-state index in [2.05, 4.69) is 39.4 Å². The van der Waals surface area contributed by atoms with Gasteiger partial charge in [-0.2, -0.15) is 4.98 Å². The zero-order valence-electron chi connectivity index (χ0n) is 14.8. The third-order valence-corrected chi connectivity index (χ3v) is 5.03. The molecule has 2 aromatic heterocycles. The molecule has 2 heterocycles. The van der Waals surface area contributed by atoms with Gasteiger partial charge >= 0.3 is 5.97 Å². The number of furan rings is 1. The molecule has 28 heavy (non-hydrogen) atoms. The second-order valence-electron chi connectivity index (χ2n) is 6.11. The largest absolute Gasteiger partial charge is 0.481 e. The Morgan fingerprint density at radius 3 is 2.25 bits per heavy atom. The molecule has 0 radical (unpaired) electrons. The zero-order valence-corrected chi connectivity index (χ0v) is 15.6. The Bertz CT molecular complexity index is 1020. The van der Waals surface area contributed by atoms with E-state index in [-0.39, 0.29) is 11.7 Å². The van der Waals surface area contributed by atoms with Crippen LogP contribution in [-0.2, 0) is 4.79 Å². The smallest absolute Gasteiger partial charge is 0.313 e. The van der Waals surface area contributed by atoms with Crippen LogP contribution in [0.4, 0.5) is 0 Å². The monoisotopic (exact) mass is 391 g/mol. The van der Waals surface area contributed by atoms with Gasteiger partial charge in [0.2, 0.25) is 5.16 Å². The average Bonchev–Trinajstić information content (AvgIpc) is 3.38. The predicted molar refractivity (Wildman–Crippen MR) is 106 cm³/mol. The van der Waals surface area contributed by atoms with E-state index in [0.717, 1.165) is 28.6 Å². The van der Waals surface area contributed by atoms with Crippen molar-refractivity contribution in [1.29, 1.82) is 0 Å². The number of benzene rings is 2. The zero-order chi connectivity index (χ0) is 19.3. The first kappa shape index (κ1) is 18.1. The van der Waals surface area contributed by atoms with Crippen LogP contribution in [0, 0.1) is 0 Å². The molecule has 4 rings (SSSR count). The molecule has 0 aliphatic carbocycles. The number of rotatable bonds is 7. The standard InChI is InChI=1S/C21H17N3O3S/c25-18(26)13-28-21-22-20(23-24-21)17-12-11-16(27-17)19(14-7-3-1-4-8-14)15-9-5-2-6-10-15/h1-12,19H,13H2,(H,25,26)(H,22,23,24). The molecule has 0 saturated heterocycles. The van der Waals surface area contributed by atoms with Crippen molar-refractivity contribution in [2.24, 2.45) is 0 Å². The number of carbonyl (C=O) groups is 1. The van der Waals surface area contributed by atoms with Crippen molar-refractivity contribution in [2.75, 3.05) is 5.75 Å². The highest BCUT2D eigenvalue weighted by molar-refractivity contribution is 7.99. The number of aromatic nitrogens is 3. The Labute approximate surface area is 165 Å². The summed E-state index contributed by atoms with van der Waals surface area (Å²) in [6, 6.07) is 24.1. The van der Waals surface area contributed by atoms with Gasteiger partial charge in [0, 0.05) is 0 Å². The third kappa shape index (κ3) is 3.99. The maximum absolute atomic E-state index is 10.7. The maximum Gasteiger partial charge on any atom is 0.313 e. The fourth-order valence-corrected chi connectivity index (χ4v) is 3.51. The molecule has 6 nitrogen and oxygen atoms in total. The molecule has 0 aliphatic rings. The number of aromatic amines is 1. The fraction of sp³-hybridized carbons (Fsp3) is 0.0952. The molecular weight excluding hydrogens is 374 g/mol. The minimum atomic E-state index is -0.912. The van der Waals surface area contributed by atoms with Gasteiger partial charge in [0.25, 0.3) is 0 Å². The van der Waals surface area contributed by atoms with Gasteiger partial charge in [-0.15, -0.1) is 5.10 Å². The summed E-state index contributed by atoms with van der Waals surface area (Å²) in [7, 11) is 0. The number of nitrogens with zero attached hydrogens (tertiary/aromatic N) is 2. The van der Waals surface area contributed by atoms with Crippen molar-refractivity contribution in [1.82, 2.24) is 15.2 Å². The van der Waals surface area contributed by atoms with Gasteiger partial charge in [-0.25, -0.2) is 0 Å². The quantitative estimate of drug-likeness (QED) is 0.453. The first-order chi connectivity index (χ1) is 13.7. The van der Waals surface area contributed by atoms with E-state index < -0.39 is 5.97 Å². The lowest BCUT2D eigenvalue weighted by Crippen LogP contribution is -2.01. The first-order valence-corrected chi connectivity index (χ1v) is 9.66. The second-order valence-corrected chi connectivity index (χ2v) is 7.05. The Kier molecular flexibility index (Phi) is 5.25.